The van der Waals surface area contributed by atoms with E-state index in [0.717, 1.165) is 25.7 Å². The van der Waals surface area contributed by atoms with Crippen molar-refractivity contribution in [3.05, 3.63) is 18.0 Å². The van der Waals surface area contributed by atoms with Gasteiger partial charge in [-0.2, -0.15) is 4.31 Å². The van der Waals surface area contributed by atoms with Gasteiger partial charge in [-0.1, -0.05) is 13.3 Å². The van der Waals surface area contributed by atoms with Crippen molar-refractivity contribution in [2.75, 3.05) is 6.54 Å². The van der Waals surface area contributed by atoms with E-state index in [4.69, 9.17) is 5.73 Å². The zero-order valence-electron chi connectivity index (χ0n) is 13.7. The average molecular weight is 339 g/mol. The molecule has 1 aromatic heterocycles. The van der Waals surface area contributed by atoms with Gasteiger partial charge >= 0.3 is 0 Å². The zero-order chi connectivity index (χ0) is 16.8. The quantitative estimate of drug-likeness (QED) is 0.910. The largest absolute Gasteiger partial charge is 0.364 e. The number of aryl methyl sites for hydroxylation is 1. The van der Waals surface area contributed by atoms with Gasteiger partial charge in [0.2, 0.25) is 10.0 Å². The van der Waals surface area contributed by atoms with E-state index in [-0.39, 0.29) is 16.6 Å². The minimum Gasteiger partial charge on any atom is -0.364 e. The van der Waals surface area contributed by atoms with E-state index in [1.165, 1.54) is 23.3 Å². The Labute approximate surface area is 137 Å². The van der Waals surface area contributed by atoms with Crippen LogP contribution in [0.15, 0.2) is 17.2 Å². The molecule has 1 aliphatic heterocycles. The number of hydrogen-bond acceptors (Lipinski definition) is 3. The number of carbonyl (C=O) groups is 1. The molecule has 1 saturated heterocycles. The maximum absolute atomic E-state index is 13.1. The lowest BCUT2D eigenvalue weighted by Gasteiger charge is -2.46. The zero-order valence-corrected chi connectivity index (χ0v) is 14.6. The lowest BCUT2D eigenvalue weighted by molar-refractivity contribution is 0.0844. The second-order valence-corrected chi connectivity index (χ2v) is 8.84. The Morgan fingerprint density at radius 3 is 2.61 bits per heavy atom. The van der Waals surface area contributed by atoms with Crippen molar-refractivity contribution in [2.24, 2.45) is 24.6 Å². The predicted octanol–water partition coefficient (Wildman–Crippen LogP) is 1.71. The molecular formula is C16H25N3O3S. The average Bonchev–Trinajstić information content (AvgIpc) is 2.90. The summed E-state index contributed by atoms with van der Waals surface area (Å²) in [6, 6.07) is 1.48. The van der Waals surface area contributed by atoms with Crippen LogP contribution in [0.1, 0.15) is 49.5 Å². The van der Waals surface area contributed by atoms with Gasteiger partial charge in [0.05, 0.1) is 0 Å². The Hall–Kier alpha value is -1.34. The molecular weight excluding hydrogens is 314 g/mol. The molecule has 1 amide bonds. The highest BCUT2D eigenvalue weighted by Gasteiger charge is 2.43. The number of fused-ring (bicyclic) bond motifs is 1. The molecule has 3 unspecified atom stereocenters. The van der Waals surface area contributed by atoms with E-state index in [2.05, 4.69) is 6.92 Å². The summed E-state index contributed by atoms with van der Waals surface area (Å²) in [5.41, 5.74) is 5.53. The van der Waals surface area contributed by atoms with Gasteiger partial charge in [-0.05, 0) is 43.6 Å². The van der Waals surface area contributed by atoms with E-state index in [0.29, 0.717) is 18.4 Å². The number of primary amides is 1. The number of amides is 1. The van der Waals surface area contributed by atoms with Gasteiger partial charge in [0.25, 0.3) is 5.91 Å². The molecule has 0 spiro atoms. The number of hydrogen-bond donors (Lipinski definition) is 1. The van der Waals surface area contributed by atoms with E-state index in [9.17, 15) is 13.2 Å². The first-order chi connectivity index (χ1) is 10.8. The first kappa shape index (κ1) is 16.5. The summed E-state index contributed by atoms with van der Waals surface area (Å²) >= 11 is 0. The molecule has 3 rings (SSSR count). The Bertz CT molecular complexity index is 708. The number of rotatable bonds is 3. The van der Waals surface area contributed by atoms with Crippen LogP contribution in [0.5, 0.6) is 0 Å². The van der Waals surface area contributed by atoms with Gasteiger partial charge in [0, 0.05) is 25.8 Å². The Balaban J connectivity index is 1.98. The van der Waals surface area contributed by atoms with Crippen molar-refractivity contribution in [3.8, 4) is 0 Å². The number of nitrogens with two attached hydrogens (primary N) is 1. The van der Waals surface area contributed by atoms with Crippen LogP contribution < -0.4 is 5.73 Å². The lowest BCUT2D eigenvalue weighted by atomic mass is 9.74. The third-order valence-corrected chi connectivity index (χ3v) is 7.29. The minimum absolute atomic E-state index is 0.0831. The summed E-state index contributed by atoms with van der Waals surface area (Å²) in [4.78, 5) is 11.6. The fraction of sp³-hybridized carbons (Fsp3) is 0.688. The standard InChI is InChI=1S/C16H25N3O3S/c1-11-5-3-6-12-7-4-8-19(15(11)12)23(21,22)13-9-14(16(17)20)18(2)10-13/h9-12,15H,3-8H2,1-2H3,(H2,17,20). The molecule has 2 aliphatic rings. The van der Waals surface area contributed by atoms with Crippen molar-refractivity contribution < 1.29 is 13.2 Å². The number of carbonyl (C=O) groups excluding carboxylic acids is 1. The molecule has 1 saturated carbocycles. The highest BCUT2D eigenvalue weighted by atomic mass is 32.2. The maximum Gasteiger partial charge on any atom is 0.265 e. The summed E-state index contributed by atoms with van der Waals surface area (Å²) < 4.78 is 29.4. The van der Waals surface area contributed by atoms with E-state index in [1.807, 2.05) is 0 Å². The molecule has 1 aromatic rings. The van der Waals surface area contributed by atoms with Crippen LogP contribution in [0, 0.1) is 11.8 Å². The molecule has 23 heavy (non-hydrogen) atoms. The molecule has 1 aliphatic carbocycles. The van der Waals surface area contributed by atoms with Crippen LogP contribution in [-0.2, 0) is 17.1 Å². The molecule has 2 N–H and O–H groups in total. The molecule has 0 bridgehead atoms. The van der Waals surface area contributed by atoms with Crippen LogP contribution >= 0.6 is 0 Å². The van der Waals surface area contributed by atoms with Gasteiger partial charge in [0.1, 0.15) is 10.6 Å². The van der Waals surface area contributed by atoms with E-state index < -0.39 is 15.9 Å². The number of sulfonamides is 1. The molecule has 6 nitrogen and oxygen atoms in total. The minimum atomic E-state index is -3.60. The fourth-order valence-electron chi connectivity index (χ4n) is 4.34. The SMILES string of the molecule is CC1CCCC2CCCN(S(=O)(=O)c3cc(C(N)=O)n(C)c3)C12. The summed E-state index contributed by atoms with van der Waals surface area (Å²) in [7, 11) is -1.96. The highest BCUT2D eigenvalue weighted by Crippen LogP contribution is 2.41. The normalized spacial score (nSPS) is 29.2. The predicted molar refractivity (Wildman–Crippen MR) is 87.3 cm³/mol. The summed E-state index contributed by atoms with van der Waals surface area (Å²) in [6.07, 6.45) is 6.89. The smallest absolute Gasteiger partial charge is 0.265 e. The van der Waals surface area contributed by atoms with Gasteiger partial charge in [-0.25, -0.2) is 8.42 Å². The van der Waals surface area contributed by atoms with Gasteiger partial charge < -0.3 is 10.3 Å². The Kier molecular flexibility index (Phi) is 4.27. The Morgan fingerprint density at radius 2 is 1.96 bits per heavy atom. The van der Waals surface area contributed by atoms with Crippen molar-refractivity contribution >= 4 is 15.9 Å². The third-order valence-electron chi connectivity index (χ3n) is 5.43. The molecule has 2 heterocycles. The third kappa shape index (κ3) is 2.80. The molecule has 2 fully saturated rings. The first-order valence-corrected chi connectivity index (χ1v) is 9.74. The van der Waals surface area contributed by atoms with E-state index in [1.54, 1.807) is 11.4 Å². The van der Waals surface area contributed by atoms with Crippen LogP contribution in [0.25, 0.3) is 0 Å². The lowest BCUT2D eigenvalue weighted by Crippen LogP contribution is -2.52. The molecule has 0 radical (unpaired) electrons. The Morgan fingerprint density at radius 1 is 1.26 bits per heavy atom. The highest BCUT2D eigenvalue weighted by molar-refractivity contribution is 7.89. The van der Waals surface area contributed by atoms with Crippen molar-refractivity contribution in [1.29, 1.82) is 0 Å². The van der Waals surface area contributed by atoms with Gasteiger partial charge in [-0.15, -0.1) is 0 Å². The maximum atomic E-state index is 13.1. The van der Waals surface area contributed by atoms with Crippen LogP contribution in [0.2, 0.25) is 0 Å². The number of nitrogens with zero attached hydrogens (tertiary/aromatic N) is 2. The van der Waals surface area contributed by atoms with Crippen molar-refractivity contribution in [1.82, 2.24) is 8.87 Å². The summed E-state index contributed by atoms with van der Waals surface area (Å²) in [5.74, 6) is 0.223. The van der Waals surface area contributed by atoms with Crippen LogP contribution in [0.3, 0.4) is 0 Å². The first-order valence-electron chi connectivity index (χ1n) is 8.30. The van der Waals surface area contributed by atoms with Crippen LogP contribution in [-0.4, -0.2) is 35.8 Å². The van der Waals surface area contributed by atoms with Crippen LogP contribution in [0.4, 0.5) is 0 Å². The van der Waals surface area contributed by atoms with Crippen molar-refractivity contribution in [3.63, 3.8) is 0 Å². The van der Waals surface area contributed by atoms with Crippen molar-refractivity contribution in [2.45, 2.75) is 50.0 Å². The topological polar surface area (TPSA) is 85.4 Å². The second kappa shape index (κ2) is 5.94. The van der Waals surface area contributed by atoms with Gasteiger partial charge in [0.15, 0.2) is 0 Å². The molecule has 0 aromatic carbocycles. The van der Waals surface area contributed by atoms with E-state index >= 15 is 0 Å². The monoisotopic (exact) mass is 339 g/mol. The number of aromatic nitrogens is 1. The second-order valence-electron chi connectivity index (χ2n) is 6.95. The van der Waals surface area contributed by atoms with Gasteiger partial charge in [-0.3, -0.25) is 4.79 Å². The summed E-state index contributed by atoms with van der Waals surface area (Å²) in [5, 5.41) is 0. The summed E-state index contributed by atoms with van der Waals surface area (Å²) in [6.45, 7) is 2.72. The molecule has 7 heteroatoms. The number of piperidine rings is 1. The fourth-order valence-corrected chi connectivity index (χ4v) is 6.23. The molecule has 128 valence electrons. The molecule has 3 atom stereocenters.